The van der Waals surface area contributed by atoms with Gasteiger partial charge in [-0.3, -0.25) is 4.79 Å². The highest BCUT2D eigenvalue weighted by Gasteiger charge is 2.08. The second-order valence-corrected chi connectivity index (χ2v) is 4.81. The van der Waals surface area contributed by atoms with Gasteiger partial charge in [-0.05, 0) is 36.6 Å². The number of thioether (sulfide) groups is 1. The van der Waals surface area contributed by atoms with Crippen LogP contribution in [0.15, 0.2) is 50.5 Å². The van der Waals surface area contributed by atoms with Crippen LogP contribution in [0.5, 0.6) is 0 Å². The third-order valence-corrected chi connectivity index (χ3v) is 3.56. The number of halogens is 1. The molecule has 0 bridgehead atoms. The van der Waals surface area contributed by atoms with Crippen LogP contribution in [0.2, 0.25) is 0 Å². The standard InChI is InChI=1S/C14H9FO2S/c1-18-9-3-5-12-11(7-9)14(16)10-4-2-8(15)6-13(10)17-12/h2-7H,1H3. The summed E-state index contributed by atoms with van der Waals surface area (Å²) in [6.07, 6.45) is 1.94. The Kier molecular flexibility index (Phi) is 2.59. The molecule has 0 unspecified atom stereocenters. The third kappa shape index (κ3) is 1.69. The fraction of sp³-hybridized carbons (Fsp3) is 0.0714. The molecule has 0 fully saturated rings. The SMILES string of the molecule is CSc1ccc2oc3cc(F)ccc3c(=O)c2c1. The van der Waals surface area contributed by atoms with E-state index in [0.717, 1.165) is 4.90 Å². The molecule has 0 radical (unpaired) electrons. The molecule has 3 aromatic rings. The molecule has 18 heavy (non-hydrogen) atoms. The zero-order valence-electron chi connectivity index (χ0n) is 9.57. The number of hydrogen-bond acceptors (Lipinski definition) is 3. The van der Waals surface area contributed by atoms with Crippen molar-refractivity contribution in [2.75, 3.05) is 6.26 Å². The molecule has 0 aliphatic rings. The molecule has 1 heterocycles. The quantitative estimate of drug-likeness (QED) is 0.492. The fourth-order valence-electron chi connectivity index (χ4n) is 1.93. The normalized spacial score (nSPS) is 11.2. The van der Waals surface area contributed by atoms with Gasteiger partial charge >= 0.3 is 0 Å². The third-order valence-electron chi connectivity index (χ3n) is 2.84. The lowest BCUT2D eigenvalue weighted by molar-refractivity contribution is 0.615. The Labute approximate surface area is 106 Å². The van der Waals surface area contributed by atoms with E-state index in [2.05, 4.69) is 0 Å². The smallest absolute Gasteiger partial charge is 0.200 e. The van der Waals surface area contributed by atoms with E-state index in [0.29, 0.717) is 16.4 Å². The molecule has 90 valence electrons. The molecular formula is C14H9FO2S. The van der Waals surface area contributed by atoms with E-state index >= 15 is 0 Å². The Morgan fingerprint density at radius 2 is 1.89 bits per heavy atom. The van der Waals surface area contributed by atoms with Gasteiger partial charge in [0.15, 0.2) is 0 Å². The highest BCUT2D eigenvalue weighted by atomic mass is 32.2. The maximum Gasteiger partial charge on any atom is 0.200 e. The molecule has 0 saturated heterocycles. The van der Waals surface area contributed by atoms with Gasteiger partial charge < -0.3 is 4.42 Å². The van der Waals surface area contributed by atoms with Gasteiger partial charge in [0.1, 0.15) is 17.0 Å². The number of benzene rings is 2. The van der Waals surface area contributed by atoms with Crippen molar-refractivity contribution in [2.45, 2.75) is 4.90 Å². The summed E-state index contributed by atoms with van der Waals surface area (Å²) >= 11 is 1.56. The van der Waals surface area contributed by atoms with Crippen molar-refractivity contribution in [3.05, 3.63) is 52.4 Å². The first-order valence-electron chi connectivity index (χ1n) is 5.39. The minimum absolute atomic E-state index is 0.123. The monoisotopic (exact) mass is 260 g/mol. The summed E-state index contributed by atoms with van der Waals surface area (Å²) in [5.41, 5.74) is 0.641. The summed E-state index contributed by atoms with van der Waals surface area (Å²) in [5, 5.41) is 0.933. The lowest BCUT2D eigenvalue weighted by Crippen LogP contribution is -2.02. The number of rotatable bonds is 1. The van der Waals surface area contributed by atoms with Gasteiger partial charge in [0.2, 0.25) is 5.43 Å². The molecule has 4 heteroatoms. The topological polar surface area (TPSA) is 30.2 Å². The summed E-state index contributed by atoms with van der Waals surface area (Å²) in [6.45, 7) is 0. The predicted octanol–water partition coefficient (Wildman–Crippen LogP) is 3.81. The fourth-order valence-corrected chi connectivity index (χ4v) is 2.37. The molecule has 2 aromatic carbocycles. The van der Waals surface area contributed by atoms with Crippen LogP contribution in [0.1, 0.15) is 0 Å². The molecule has 3 rings (SSSR count). The predicted molar refractivity (Wildman–Crippen MR) is 71.7 cm³/mol. The molecule has 0 atom stereocenters. The summed E-state index contributed by atoms with van der Waals surface area (Å²) < 4.78 is 18.7. The van der Waals surface area contributed by atoms with Crippen molar-refractivity contribution in [1.82, 2.24) is 0 Å². The Morgan fingerprint density at radius 1 is 1.06 bits per heavy atom. The minimum Gasteiger partial charge on any atom is -0.456 e. The van der Waals surface area contributed by atoms with E-state index in [1.807, 2.05) is 12.3 Å². The molecule has 0 N–H and O–H groups in total. The maximum atomic E-state index is 13.1. The van der Waals surface area contributed by atoms with Gasteiger partial charge in [0, 0.05) is 11.0 Å². The lowest BCUT2D eigenvalue weighted by atomic mass is 10.1. The van der Waals surface area contributed by atoms with Gasteiger partial charge in [0.25, 0.3) is 0 Å². The molecule has 1 aromatic heterocycles. The van der Waals surface area contributed by atoms with E-state index in [-0.39, 0.29) is 11.0 Å². The first kappa shape index (κ1) is 11.3. The van der Waals surface area contributed by atoms with Crippen molar-refractivity contribution in [1.29, 1.82) is 0 Å². The molecule has 0 aliphatic carbocycles. The van der Waals surface area contributed by atoms with Crippen LogP contribution in [0.3, 0.4) is 0 Å². The molecule has 0 saturated carbocycles. The average Bonchev–Trinajstić information content (AvgIpc) is 2.38. The van der Waals surface area contributed by atoms with Gasteiger partial charge in [-0.2, -0.15) is 0 Å². The number of fused-ring (bicyclic) bond motifs is 2. The van der Waals surface area contributed by atoms with Crippen molar-refractivity contribution in [3.8, 4) is 0 Å². The van der Waals surface area contributed by atoms with Crippen LogP contribution >= 0.6 is 11.8 Å². The summed E-state index contributed by atoms with van der Waals surface area (Å²) in [6, 6.07) is 9.38. The van der Waals surface area contributed by atoms with Crippen LogP contribution in [0.25, 0.3) is 21.9 Å². The lowest BCUT2D eigenvalue weighted by Gasteiger charge is -2.02. The van der Waals surface area contributed by atoms with Gasteiger partial charge in [-0.15, -0.1) is 11.8 Å². The van der Waals surface area contributed by atoms with Gasteiger partial charge in [-0.25, -0.2) is 4.39 Å². The molecular weight excluding hydrogens is 251 g/mol. The van der Waals surface area contributed by atoms with Crippen molar-refractivity contribution in [3.63, 3.8) is 0 Å². The summed E-state index contributed by atoms with van der Waals surface area (Å²) in [5.74, 6) is -0.411. The Morgan fingerprint density at radius 3 is 2.67 bits per heavy atom. The van der Waals surface area contributed by atoms with Crippen LogP contribution in [-0.4, -0.2) is 6.26 Å². The molecule has 0 aliphatic heterocycles. The van der Waals surface area contributed by atoms with Gasteiger partial charge in [0.05, 0.1) is 10.8 Å². The van der Waals surface area contributed by atoms with E-state index in [1.54, 1.807) is 23.9 Å². The largest absolute Gasteiger partial charge is 0.456 e. The van der Waals surface area contributed by atoms with Gasteiger partial charge in [-0.1, -0.05) is 0 Å². The maximum absolute atomic E-state index is 13.1. The van der Waals surface area contributed by atoms with Crippen LogP contribution < -0.4 is 5.43 Å². The summed E-state index contributed by atoms with van der Waals surface area (Å²) in [4.78, 5) is 13.3. The Balaban J connectivity index is 2.48. The Bertz CT molecular complexity index is 808. The molecule has 0 spiro atoms. The Hall–Kier alpha value is -1.81. The first-order chi connectivity index (χ1) is 8.69. The van der Waals surface area contributed by atoms with Crippen molar-refractivity contribution in [2.24, 2.45) is 0 Å². The minimum atomic E-state index is -0.411. The van der Waals surface area contributed by atoms with E-state index in [1.165, 1.54) is 18.2 Å². The zero-order chi connectivity index (χ0) is 12.7. The van der Waals surface area contributed by atoms with Crippen molar-refractivity contribution >= 4 is 33.7 Å². The zero-order valence-corrected chi connectivity index (χ0v) is 10.4. The van der Waals surface area contributed by atoms with E-state index in [9.17, 15) is 9.18 Å². The van der Waals surface area contributed by atoms with E-state index < -0.39 is 5.82 Å². The van der Waals surface area contributed by atoms with Crippen LogP contribution in [0, 0.1) is 5.82 Å². The highest BCUT2D eigenvalue weighted by Crippen LogP contribution is 2.23. The highest BCUT2D eigenvalue weighted by molar-refractivity contribution is 7.98. The summed E-state index contributed by atoms with van der Waals surface area (Å²) in [7, 11) is 0. The average molecular weight is 260 g/mol. The number of hydrogen-bond donors (Lipinski definition) is 0. The first-order valence-corrected chi connectivity index (χ1v) is 6.61. The van der Waals surface area contributed by atoms with Crippen molar-refractivity contribution < 1.29 is 8.81 Å². The second-order valence-electron chi connectivity index (χ2n) is 3.93. The molecule has 2 nitrogen and oxygen atoms in total. The molecule has 0 amide bonds. The van der Waals surface area contributed by atoms with Crippen LogP contribution in [-0.2, 0) is 0 Å². The second kappa shape index (κ2) is 4.14. The van der Waals surface area contributed by atoms with Crippen LogP contribution in [0.4, 0.5) is 4.39 Å². The van der Waals surface area contributed by atoms with E-state index in [4.69, 9.17) is 4.42 Å².